The fraction of sp³-hybridized carbons (Fsp3) is 0.273. The molecule has 0 aromatic heterocycles. The van der Waals surface area contributed by atoms with Gasteiger partial charge in [-0.25, -0.2) is 0 Å². The molecule has 0 spiro atoms. The van der Waals surface area contributed by atoms with E-state index in [0.717, 1.165) is 42.0 Å². The Balaban J connectivity index is 1.49. The number of hydrogen-bond acceptors (Lipinski definition) is 5. The Hall–Kier alpha value is -2.39. The molecule has 2 amide bonds. The first-order chi connectivity index (χ1) is 14.0. The molecule has 150 valence electrons. The van der Waals surface area contributed by atoms with Gasteiger partial charge in [0.2, 0.25) is 0 Å². The van der Waals surface area contributed by atoms with Crippen molar-refractivity contribution in [3.8, 4) is 0 Å². The number of hydrogen-bond donors (Lipinski definition) is 2. The number of carbonyl (C=O) groups is 2. The summed E-state index contributed by atoms with van der Waals surface area (Å²) in [4.78, 5) is 29.3. The van der Waals surface area contributed by atoms with Crippen molar-refractivity contribution >= 4 is 51.4 Å². The SMILES string of the molecule is CCN1CCN(c2ccc(NC=C3C(=O)NC(=O)c4ccc(I)cc43)cc2)CC1. The average molecular weight is 502 g/mol. The Labute approximate surface area is 184 Å². The van der Waals surface area contributed by atoms with E-state index < -0.39 is 0 Å². The summed E-state index contributed by atoms with van der Waals surface area (Å²) in [6.45, 7) is 7.56. The van der Waals surface area contributed by atoms with Crippen LogP contribution in [0.4, 0.5) is 11.4 Å². The Bertz CT molecular complexity index is 963. The van der Waals surface area contributed by atoms with Crippen LogP contribution in [0.2, 0.25) is 0 Å². The second-order valence-electron chi connectivity index (χ2n) is 7.14. The van der Waals surface area contributed by atoms with E-state index in [-0.39, 0.29) is 11.8 Å². The van der Waals surface area contributed by atoms with Crippen molar-refractivity contribution in [1.29, 1.82) is 0 Å². The van der Waals surface area contributed by atoms with Gasteiger partial charge in [0, 0.05) is 58.5 Å². The Morgan fingerprint density at radius 3 is 2.41 bits per heavy atom. The van der Waals surface area contributed by atoms with Crippen molar-refractivity contribution in [2.45, 2.75) is 6.92 Å². The van der Waals surface area contributed by atoms with Crippen molar-refractivity contribution in [2.75, 3.05) is 42.9 Å². The molecule has 0 aliphatic carbocycles. The third-order valence-electron chi connectivity index (χ3n) is 5.42. The molecule has 29 heavy (non-hydrogen) atoms. The zero-order chi connectivity index (χ0) is 20.4. The van der Waals surface area contributed by atoms with Gasteiger partial charge in [0.15, 0.2) is 0 Å². The van der Waals surface area contributed by atoms with E-state index in [2.05, 4.69) is 62.1 Å². The topological polar surface area (TPSA) is 64.7 Å². The molecule has 2 aromatic rings. The summed E-state index contributed by atoms with van der Waals surface area (Å²) in [6.07, 6.45) is 1.67. The number of halogens is 1. The summed E-state index contributed by atoms with van der Waals surface area (Å²) in [5.41, 5.74) is 3.73. The van der Waals surface area contributed by atoms with Crippen LogP contribution in [0.3, 0.4) is 0 Å². The zero-order valence-electron chi connectivity index (χ0n) is 16.2. The van der Waals surface area contributed by atoms with Crippen LogP contribution in [0.1, 0.15) is 22.8 Å². The molecule has 2 N–H and O–H groups in total. The molecule has 4 rings (SSSR count). The maximum absolute atomic E-state index is 12.4. The molecule has 0 bridgehead atoms. The lowest BCUT2D eigenvalue weighted by molar-refractivity contribution is -0.114. The Morgan fingerprint density at radius 1 is 1.00 bits per heavy atom. The molecule has 0 atom stereocenters. The predicted molar refractivity (Wildman–Crippen MR) is 124 cm³/mol. The van der Waals surface area contributed by atoms with Crippen molar-refractivity contribution in [1.82, 2.24) is 10.2 Å². The number of nitrogens with one attached hydrogen (secondary N) is 2. The van der Waals surface area contributed by atoms with Gasteiger partial charge in [-0.15, -0.1) is 0 Å². The van der Waals surface area contributed by atoms with Gasteiger partial charge in [0.1, 0.15) is 0 Å². The van der Waals surface area contributed by atoms with Crippen LogP contribution in [-0.2, 0) is 4.79 Å². The van der Waals surface area contributed by atoms with E-state index in [1.165, 1.54) is 5.69 Å². The van der Waals surface area contributed by atoms with Crippen LogP contribution < -0.4 is 15.5 Å². The van der Waals surface area contributed by atoms with Crippen molar-refractivity contribution in [3.05, 3.63) is 63.4 Å². The lowest BCUT2D eigenvalue weighted by atomic mass is 9.95. The van der Waals surface area contributed by atoms with E-state index in [0.29, 0.717) is 16.7 Å². The first-order valence-corrected chi connectivity index (χ1v) is 10.8. The summed E-state index contributed by atoms with van der Waals surface area (Å²) < 4.78 is 0.974. The van der Waals surface area contributed by atoms with Crippen LogP contribution in [0, 0.1) is 3.57 Å². The number of imide groups is 1. The number of anilines is 2. The molecule has 2 aliphatic rings. The van der Waals surface area contributed by atoms with Gasteiger partial charge >= 0.3 is 0 Å². The summed E-state index contributed by atoms with van der Waals surface area (Å²) in [7, 11) is 0. The molecule has 7 heteroatoms. The van der Waals surface area contributed by atoms with Gasteiger partial charge in [-0.2, -0.15) is 0 Å². The minimum absolute atomic E-state index is 0.355. The van der Waals surface area contributed by atoms with E-state index in [9.17, 15) is 9.59 Å². The quantitative estimate of drug-likeness (QED) is 0.382. The van der Waals surface area contributed by atoms with E-state index in [1.54, 1.807) is 12.3 Å². The van der Waals surface area contributed by atoms with Crippen LogP contribution in [0.5, 0.6) is 0 Å². The van der Waals surface area contributed by atoms with Crippen LogP contribution in [0.15, 0.2) is 48.7 Å². The molecule has 1 saturated heterocycles. The number of rotatable bonds is 4. The maximum Gasteiger partial charge on any atom is 0.260 e. The average Bonchev–Trinajstić information content (AvgIpc) is 2.74. The molecular formula is C22H23IN4O2. The van der Waals surface area contributed by atoms with Gasteiger partial charge in [-0.3, -0.25) is 14.9 Å². The number of likely N-dealkylation sites (N-methyl/N-ethyl adjacent to an activating group) is 1. The lowest BCUT2D eigenvalue weighted by Gasteiger charge is -2.35. The highest BCUT2D eigenvalue weighted by Gasteiger charge is 2.27. The minimum atomic E-state index is -0.387. The van der Waals surface area contributed by atoms with Crippen molar-refractivity contribution in [2.24, 2.45) is 0 Å². The normalized spacial score (nSPS) is 18.6. The molecule has 0 radical (unpaired) electrons. The number of nitrogens with zero attached hydrogens (tertiary/aromatic N) is 2. The largest absolute Gasteiger partial charge is 0.369 e. The number of amides is 2. The third-order valence-corrected chi connectivity index (χ3v) is 6.09. The summed E-state index contributed by atoms with van der Waals surface area (Å²) in [6, 6.07) is 13.7. The van der Waals surface area contributed by atoms with Crippen LogP contribution in [-0.4, -0.2) is 49.4 Å². The fourth-order valence-electron chi connectivity index (χ4n) is 3.69. The van der Waals surface area contributed by atoms with Gasteiger partial charge in [0.05, 0.1) is 5.57 Å². The zero-order valence-corrected chi connectivity index (χ0v) is 18.4. The number of piperazine rings is 1. The summed E-state index contributed by atoms with van der Waals surface area (Å²) >= 11 is 2.18. The Morgan fingerprint density at radius 2 is 1.72 bits per heavy atom. The first-order valence-electron chi connectivity index (χ1n) is 9.75. The second-order valence-corrected chi connectivity index (χ2v) is 8.39. The van der Waals surface area contributed by atoms with Gasteiger partial charge < -0.3 is 15.1 Å². The van der Waals surface area contributed by atoms with Gasteiger partial charge in [-0.1, -0.05) is 6.92 Å². The highest BCUT2D eigenvalue weighted by atomic mass is 127. The highest BCUT2D eigenvalue weighted by molar-refractivity contribution is 14.1. The molecule has 0 unspecified atom stereocenters. The smallest absolute Gasteiger partial charge is 0.260 e. The highest BCUT2D eigenvalue weighted by Crippen LogP contribution is 2.26. The number of carbonyl (C=O) groups excluding carboxylic acids is 2. The number of fused-ring (bicyclic) bond motifs is 1. The molecule has 6 nitrogen and oxygen atoms in total. The summed E-state index contributed by atoms with van der Waals surface area (Å²) in [5, 5.41) is 5.61. The molecule has 0 saturated carbocycles. The summed E-state index contributed by atoms with van der Waals surface area (Å²) in [5.74, 6) is -0.742. The molecular weight excluding hydrogens is 479 g/mol. The van der Waals surface area contributed by atoms with Crippen LogP contribution >= 0.6 is 22.6 Å². The Kier molecular flexibility index (Phi) is 5.86. The van der Waals surface area contributed by atoms with Crippen LogP contribution in [0.25, 0.3) is 5.57 Å². The fourth-order valence-corrected chi connectivity index (χ4v) is 4.18. The van der Waals surface area contributed by atoms with Gasteiger partial charge in [-0.05, 0) is 71.6 Å². The van der Waals surface area contributed by atoms with Crippen molar-refractivity contribution in [3.63, 3.8) is 0 Å². The third kappa shape index (κ3) is 4.30. The molecule has 2 aliphatic heterocycles. The standard InChI is InChI=1S/C22H23IN4O2/c1-2-26-9-11-27(12-10-26)17-6-4-16(5-7-17)24-14-20-19-13-15(23)3-8-18(19)21(28)25-22(20)29/h3-8,13-14,24H,2,9-12H2,1H3,(H,25,28,29). The monoisotopic (exact) mass is 502 g/mol. The van der Waals surface area contributed by atoms with E-state index >= 15 is 0 Å². The number of benzene rings is 2. The lowest BCUT2D eigenvalue weighted by Crippen LogP contribution is -2.46. The van der Waals surface area contributed by atoms with Crippen molar-refractivity contribution < 1.29 is 9.59 Å². The van der Waals surface area contributed by atoms with Gasteiger partial charge in [0.25, 0.3) is 11.8 Å². The predicted octanol–water partition coefficient (Wildman–Crippen LogP) is 3.16. The first kappa shape index (κ1) is 19.9. The van der Waals surface area contributed by atoms with E-state index in [4.69, 9.17) is 0 Å². The maximum atomic E-state index is 12.4. The molecule has 2 heterocycles. The minimum Gasteiger partial charge on any atom is -0.369 e. The molecule has 1 fully saturated rings. The van der Waals surface area contributed by atoms with E-state index in [1.807, 2.05) is 24.3 Å². The second kappa shape index (κ2) is 8.54. The molecule has 2 aromatic carbocycles.